The molecule has 0 saturated carbocycles. The summed E-state index contributed by atoms with van der Waals surface area (Å²) < 4.78 is 26.4. The summed E-state index contributed by atoms with van der Waals surface area (Å²) in [5.74, 6) is -1.54. The molecule has 1 aromatic rings. The Morgan fingerprint density at radius 3 is 2.27 bits per heavy atom. The van der Waals surface area contributed by atoms with Crippen LogP contribution in [0.3, 0.4) is 0 Å². The molecule has 7 heteroatoms. The van der Waals surface area contributed by atoms with Crippen molar-refractivity contribution < 1.29 is 23.1 Å². The highest BCUT2D eigenvalue weighted by Gasteiger charge is 2.33. The summed E-state index contributed by atoms with van der Waals surface area (Å²) in [6.45, 7) is 0. The first-order valence-electron chi connectivity index (χ1n) is 3.79. The molecule has 1 N–H and O–H groups in total. The Morgan fingerprint density at radius 2 is 1.87 bits per heavy atom. The molecule has 0 amide bonds. The van der Waals surface area contributed by atoms with Crippen LogP contribution < -0.4 is 4.74 Å². The number of hydrogen-bond donors (Lipinski definition) is 1. The quantitative estimate of drug-likeness (QED) is 0.808. The van der Waals surface area contributed by atoms with E-state index in [1.54, 1.807) is 18.2 Å². The van der Waals surface area contributed by atoms with Crippen LogP contribution in [0.25, 0.3) is 0 Å². The lowest BCUT2D eigenvalue weighted by atomic mass is 10.3. The van der Waals surface area contributed by atoms with Crippen LogP contribution in [0, 0.1) is 0 Å². The SMILES string of the molecule is O=C(O)C(Oc1ccccc1)S(=O)(=O)Cl. The van der Waals surface area contributed by atoms with Crippen molar-refractivity contribution in [2.24, 2.45) is 0 Å². The van der Waals surface area contributed by atoms with Crippen LogP contribution in [0.5, 0.6) is 5.75 Å². The summed E-state index contributed by atoms with van der Waals surface area (Å²) in [7, 11) is 0.599. The second kappa shape index (κ2) is 4.50. The highest BCUT2D eigenvalue weighted by molar-refractivity contribution is 8.14. The second-order valence-corrected chi connectivity index (χ2v) is 5.25. The van der Waals surface area contributed by atoms with Crippen LogP contribution in [0.1, 0.15) is 0 Å². The molecule has 0 radical (unpaired) electrons. The summed E-state index contributed by atoms with van der Waals surface area (Å²) in [5.41, 5.74) is -2.10. The number of benzene rings is 1. The van der Waals surface area contributed by atoms with E-state index in [-0.39, 0.29) is 5.75 Å². The molecule has 1 aromatic carbocycles. The number of hydrogen-bond acceptors (Lipinski definition) is 4. The van der Waals surface area contributed by atoms with Crippen LogP contribution in [-0.4, -0.2) is 24.9 Å². The van der Waals surface area contributed by atoms with E-state index in [0.29, 0.717) is 0 Å². The number of para-hydroxylation sites is 1. The van der Waals surface area contributed by atoms with Crippen molar-refractivity contribution in [1.29, 1.82) is 0 Å². The molecule has 1 atom stereocenters. The monoisotopic (exact) mass is 250 g/mol. The number of ether oxygens (including phenoxy) is 1. The van der Waals surface area contributed by atoms with E-state index in [4.69, 9.17) is 20.5 Å². The molecule has 0 aliphatic heterocycles. The third-order valence-corrected chi connectivity index (χ3v) is 2.74. The predicted octanol–water partition coefficient (Wildman–Crippen LogP) is 1.04. The highest BCUT2D eigenvalue weighted by atomic mass is 35.7. The number of carboxylic acids is 1. The fraction of sp³-hybridized carbons (Fsp3) is 0.125. The molecule has 5 nitrogen and oxygen atoms in total. The molecule has 0 fully saturated rings. The number of carboxylic acid groups (broad SMARTS) is 1. The second-order valence-electron chi connectivity index (χ2n) is 2.58. The lowest BCUT2D eigenvalue weighted by Gasteiger charge is -2.11. The highest BCUT2D eigenvalue weighted by Crippen LogP contribution is 2.16. The lowest BCUT2D eigenvalue weighted by Crippen LogP contribution is -2.32. The van der Waals surface area contributed by atoms with Crippen LogP contribution in [0.4, 0.5) is 0 Å². The summed E-state index contributed by atoms with van der Waals surface area (Å²) >= 11 is 0. The van der Waals surface area contributed by atoms with Gasteiger partial charge in [-0.2, -0.15) is 0 Å². The molecule has 0 bridgehead atoms. The van der Waals surface area contributed by atoms with Crippen LogP contribution in [0.15, 0.2) is 30.3 Å². The minimum absolute atomic E-state index is 0.120. The van der Waals surface area contributed by atoms with Gasteiger partial charge in [0.1, 0.15) is 5.75 Å². The van der Waals surface area contributed by atoms with Gasteiger partial charge < -0.3 is 9.84 Å². The molecule has 0 aromatic heterocycles. The van der Waals surface area contributed by atoms with E-state index in [1.807, 2.05) is 0 Å². The number of aliphatic carboxylic acids is 1. The maximum Gasteiger partial charge on any atom is 0.362 e. The number of halogens is 1. The van der Waals surface area contributed by atoms with Gasteiger partial charge >= 0.3 is 11.4 Å². The standard InChI is InChI=1S/C8H7ClO5S/c9-15(12,13)8(7(10)11)14-6-4-2-1-3-5-6/h1-5,8H,(H,10,11). The molecule has 0 aliphatic rings. The fourth-order valence-electron chi connectivity index (χ4n) is 0.851. The van der Waals surface area contributed by atoms with Gasteiger partial charge in [0.25, 0.3) is 9.05 Å². The maximum atomic E-state index is 10.8. The fourth-order valence-corrected chi connectivity index (χ4v) is 1.66. The summed E-state index contributed by atoms with van der Waals surface area (Å²) in [4.78, 5) is 10.6. The van der Waals surface area contributed by atoms with Crippen molar-refractivity contribution in [3.63, 3.8) is 0 Å². The Labute approximate surface area is 90.7 Å². The van der Waals surface area contributed by atoms with E-state index in [9.17, 15) is 13.2 Å². The first-order valence-corrected chi connectivity index (χ1v) is 6.16. The Bertz CT molecular complexity index is 441. The summed E-state index contributed by atoms with van der Waals surface area (Å²) in [5, 5.41) is 8.58. The molecule has 0 saturated heterocycles. The van der Waals surface area contributed by atoms with E-state index >= 15 is 0 Å². The molecule has 0 spiro atoms. The van der Waals surface area contributed by atoms with Crippen LogP contribution in [-0.2, 0) is 13.8 Å². The molecule has 0 heterocycles. The first kappa shape index (κ1) is 11.8. The van der Waals surface area contributed by atoms with E-state index < -0.39 is 20.5 Å². The van der Waals surface area contributed by atoms with E-state index in [0.717, 1.165) is 0 Å². The van der Waals surface area contributed by atoms with Crippen molar-refractivity contribution in [2.75, 3.05) is 0 Å². The van der Waals surface area contributed by atoms with E-state index in [2.05, 4.69) is 0 Å². The lowest BCUT2D eigenvalue weighted by molar-refractivity contribution is -0.141. The third-order valence-electron chi connectivity index (χ3n) is 1.44. The number of rotatable bonds is 4. The van der Waals surface area contributed by atoms with Crippen LogP contribution in [0.2, 0.25) is 0 Å². The zero-order valence-electron chi connectivity index (χ0n) is 7.33. The first-order chi connectivity index (χ1) is 6.91. The van der Waals surface area contributed by atoms with Gasteiger partial charge in [0.15, 0.2) is 0 Å². The Kier molecular flexibility index (Phi) is 3.54. The molecule has 1 rings (SSSR count). The summed E-state index contributed by atoms with van der Waals surface area (Å²) in [6.07, 6.45) is 0. The van der Waals surface area contributed by atoms with Crippen molar-refractivity contribution >= 4 is 25.7 Å². The van der Waals surface area contributed by atoms with Crippen molar-refractivity contribution in [2.45, 2.75) is 5.44 Å². The minimum Gasteiger partial charge on any atom is -0.478 e. The van der Waals surface area contributed by atoms with Gasteiger partial charge in [-0.3, -0.25) is 0 Å². The molecular weight excluding hydrogens is 244 g/mol. The average molecular weight is 251 g/mol. The molecule has 1 unspecified atom stereocenters. The Balaban J connectivity index is 2.92. The van der Waals surface area contributed by atoms with Gasteiger partial charge in [-0.1, -0.05) is 18.2 Å². The van der Waals surface area contributed by atoms with Crippen molar-refractivity contribution in [1.82, 2.24) is 0 Å². The summed E-state index contributed by atoms with van der Waals surface area (Å²) in [6, 6.07) is 7.69. The maximum absolute atomic E-state index is 10.8. The van der Waals surface area contributed by atoms with E-state index in [1.165, 1.54) is 12.1 Å². The predicted molar refractivity (Wildman–Crippen MR) is 53.3 cm³/mol. The van der Waals surface area contributed by atoms with Crippen molar-refractivity contribution in [3.05, 3.63) is 30.3 Å². The van der Waals surface area contributed by atoms with Gasteiger partial charge in [-0.25, -0.2) is 13.2 Å². The van der Waals surface area contributed by atoms with Crippen LogP contribution >= 0.6 is 10.7 Å². The average Bonchev–Trinajstić information content (AvgIpc) is 2.13. The third kappa shape index (κ3) is 3.41. The molecular formula is C8H7ClO5S. The van der Waals surface area contributed by atoms with Gasteiger partial charge in [0, 0.05) is 10.7 Å². The zero-order chi connectivity index (χ0) is 11.5. The van der Waals surface area contributed by atoms with Gasteiger partial charge in [0.05, 0.1) is 0 Å². The molecule has 0 aliphatic carbocycles. The smallest absolute Gasteiger partial charge is 0.362 e. The Hall–Kier alpha value is -1.27. The molecule has 15 heavy (non-hydrogen) atoms. The van der Waals surface area contributed by atoms with Gasteiger partial charge in [0.2, 0.25) is 0 Å². The number of carbonyl (C=O) groups is 1. The minimum atomic E-state index is -4.31. The van der Waals surface area contributed by atoms with Crippen molar-refractivity contribution in [3.8, 4) is 5.75 Å². The Morgan fingerprint density at radius 1 is 1.33 bits per heavy atom. The van der Waals surface area contributed by atoms with Gasteiger partial charge in [-0.05, 0) is 12.1 Å². The molecule has 82 valence electrons. The normalized spacial score (nSPS) is 13.1. The van der Waals surface area contributed by atoms with Gasteiger partial charge in [-0.15, -0.1) is 0 Å². The topological polar surface area (TPSA) is 80.7 Å². The zero-order valence-corrected chi connectivity index (χ0v) is 8.90. The largest absolute Gasteiger partial charge is 0.478 e.